The molecule has 8 nitrogen and oxygen atoms in total. The van der Waals surface area contributed by atoms with Crippen molar-refractivity contribution in [2.45, 2.75) is 11.8 Å². The van der Waals surface area contributed by atoms with Gasteiger partial charge in [-0.3, -0.25) is 14.8 Å². The molecule has 0 aliphatic heterocycles. The normalized spacial score (nSPS) is 11.4. The fourth-order valence-corrected chi connectivity index (χ4v) is 3.41. The third-order valence-electron chi connectivity index (χ3n) is 3.54. The number of hydrogen-bond acceptors (Lipinski definition) is 6. The van der Waals surface area contributed by atoms with Gasteiger partial charge in [0, 0.05) is 5.39 Å². The first-order valence-electron chi connectivity index (χ1n) is 7.09. The van der Waals surface area contributed by atoms with Crippen LogP contribution in [0.2, 0.25) is 0 Å². The molecule has 0 bridgehead atoms. The molecule has 1 aromatic heterocycles. The molecule has 2 aromatic carbocycles. The first-order chi connectivity index (χ1) is 11.8. The van der Waals surface area contributed by atoms with Crippen LogP contribution in [0.5, 0.6) is 0 Å². The highest BCUT2D eigenvalue weighted by molar-refractivity contribution is 7.92. The van der Waals surface area contributed by atoms with Crippen LogP contribution < -0.4 is 10.3 Å². The van der Waals surface area contributed by atoms with Gasteiger partial charge in [0.25, 0.3) is 10.0 Å². The van der Waals surface area contributed by atoms with Crippen molar-refractivity contribution in [3.8, 4) is 0 Å². The van der Waals surface area contributed by atoms with Crippen molar-refractivity contribution in [2.75, 3.05) is 4.72 Å². The topological polar surface area (TPSA) is 120 Å². The van der Waals surface area contributed by atoms with Gasteiger partial charge < -0.3 is 4.42 Å². The Labute approximate surface area is 141 Å². The predicted molar refractivity (Wildman–Crippen MR) is 91.1 cm³/mol. The summed E-state index contributed by atoms with van der Waals surface area (Å²) < 4.78 is 32.2. The van der Waals surface area contributed by atoms with Crippen LogP contribution in [0.4, 0.5) is 11.4 Å². The first-order valence-corrected chi connectivity index (χ1v) is 8.57. The lowest BCUT2D eigenvalue weighted by molar-refractivity contribution is -0.386. The number of anilines is 1. The second kappa shape index (κ2) is 6.02. The number of nitro groups is 1. The average molecular weight is 360 g/mol. The van der Waals surface area contributed by atoms with Crippen molar-refractivity contribution in [3.05, 3.63) is 74.6 Å². The van der Waals surface area contributed by atoms with Crippen LogP contribution in [-0.4, -0.2) is 13.3 Å². The van der Waals surface area contributed by atoms with Crippen LogP contribution in [0.1, 0.15) is 5.56 Å². The maximum absolute atomic E-state index is 12.6. The Morgan fingerprint density at radius 3 is 2.36 bits per heavy atom. The number of para-hydroxylation sites is 1. The molecule has 0 atom stereocenters. The zero-order chi connectivity index (χ0) is 18.2. The summed E-state index contributed by atoms with van der Waals surface area (Å²) in [5, 5.41) is 11.4. The van der Waals surface area contributed by atoms with Crippen molar-refractivity contribution >= 4 is 32.4 Å². The van der Waals surface area contributed by atoms with Crippen LogP contribution >= 0.6 is 0 Å². The molecule has 0 aliphatic rings. The number of benzene rings is 2. The van der Waals surface area contributed by atoms with Crippen molar-refractivity contribution in [2.24, 2.45) is 0 Å². The number of hydrogen-bond donors (Lipinski definition) is 1. The van der Waals surface area contributed by atoms with Crippen molar-refractivity contribution in [3.63, 3.8) is 0 Å². The van der Waals surface area contributed by atoms with E-state index in [4.69, 9.17) is 4.42 Å². The van der Waals surface area contributed by atoms with Gasteiger partial charge in [0.15, 0.2) is 0 Å². The minimum absolute atomic E-state index is 0.0414. The highest BCUT2D eigenvalue weighted by Crippen LogP contribution is 2.31. The van der Waals surface area contributed by atoms with E-state index in [9.17, 15) is 23.3 Å². The molecule has 1 heterocycles. The summed E-state index contributed by atoms with van der Waals surface area (Å²) in [4.78, 5) is 22.1. The fraction of sp³-hybridized carbons (Fsp3) is 0.0625. The van der Waals surface area contributed by atoms with Gasteiger partial charge in [-0.1, -0.05) is 29.8 Å². The molecule has 1 N–H and O–H groups in total. The average Bonchev–Trinajstić information content (AvgIpc) is 2.54. The second-order valence-electron chi connectivity index (χ2n) is 5.28. The Morgan fingerprint density at radius 2 is 1.72 bits per heavy atom. The Bertz CT molecular complexity index is 1130. The Hall–Kier alpha value is -3.20. The molecule has 0 amide bonds. The lowest BCUT2D eigenvalue weighted by Gasteiger charge is -2.10. The molecular weight excluding hydrogens is 348 g/mol. The SMILES string of the molecule is Cc1ccc(S(=O)(=O)Nc2c([N+](=O)[O-])c(=O)oc3ccccc23)cc1. The van der Waals surface area contributed by atoms with E-state index in [1.54, 1.807) is 31.2 Å². The molecule has 3 aromatic rings. The van der Waals surface area contributed by atoms with Crippen molar-refractivity contribution in [1.29, 1.82) is 0 Å². The Morgan fingerprint density at radius 1 is 1.08 bits per heavy atom. The van der Waals surface area contributed by atoms with Crippen LogP contribution in [0, 0.1) is 17.0 Å². The molecule has 0 aliphatic carbocycles. The van der Waals surface area contributed by atoms with Gasteiger partial charge in [-0.2, -0.15) is 0 Å². The van der Waals surface area contributed by atoms with Gasteiger partial charge in [-0.15, -0.1) is 0 Å². The van der Waals surface area contributed by atoms with Gasteiger partial charge >= 0.3 is 11.3 Å². The minimum Gasteiger partial charge on any atom is -0.418 e. The summed E-state index contributed by atoms with van der Waals surface area (Å²) in [5.41, 5.74) is -1.72. The molecule has 0 unspecified atom stereocenters. The maximum Gasteiger partial charge on any atom is 0.417 e. The molecule has 9 heteroatoms. The molecule has 128 valence electrons. The highest BCUT2D eigenvalue weighted by Gasteiger charge is 2.28. The zero-order valence-corrected chi connectivity index (χ0v) is 13.7. The molecule has 0 fully saturated rings. The number of nitrogens with zero attached hydrogens (tertiary/aromatic N) is 1. The van der Waals surface area contributed by atoms with E-state index in [0.717, 1.165) is 5.56 Å². The molecule has 0 saturated carbocycles. The quantitative estimate of drug-likeness (QED) is 0.434. The zero-order valence-electron chi connectivity index (χ0n) is 12.9. The second-order valence-corrected chi connectivity index (χ2v) is 6.97. The summed E-state index contributed by atoms with van der Waals surface area (Å²) in [5.74, 6) is 0. The Kier molecular flexibility index (Phi) is 4.01. The molecule has 0 spiro atoms. The van der Waals surface area contributed by atoms with E-state index in [1.165, 1.54) is 24.3 Å². The van der Waals surface area contributed by atoms with E-state index < -0.39 is 31.9 Å². The molecule has 0 saturated heterocycles. The largest absolute Gasteiger partial charge is 0.418 e. The number of fused-ring (bicyclic) bond motifs is 1. The summed E-state index contributed by atoms with van der Waals surface area (Å²) >= 11 is 0. The van der Waals surface area contributed by atoms with Crippen LogP contribution in [0.3, 0.4) is 0 Å². The third kappa shape index (κ3) is 3.09. The molecule has 25 heavy (non-hydrogen) atoms. The van der Waals surface area contributed by atoms with E-state index in [-0.39, 0.29) is 15.9 Å². The molecular formula is C16H12N2O6S. The van der Waals surface area contributed by atoms with Gasteiger partial charge in [-0.05, 0) is 31.2 Å². The summed E-state index contributed by atoms with van der Waals surface area (Å²) in [6.07, 6.45) is 0. The predicted octanol–water partition coefficient (Wildman–Crippen LogP) is 2.81. The summed E-state index contributed by atoms with van der Waals surface area (Å²) in [6.45, 7) is 1.80. The van der Waals surface area contributed by atoms with E-state index >= 15 is 0 Å². The van der Waals surface area contributed by atoms with Gasteiger partial charge in [0.1, 0.15) is 11.3 Å². The summed E-state index contributed by atoms with van der Waals surface area (Å²) in [7, 11) is -4.13. The number of sulfonamides is 1. The van der Waals surface area contributed by atoms with Crippen LogP contribution in [0.15, 0.2) is 62.6 Å². The third-order valence-corrected chi connectivity index (χ3v) is 4.91. The van der Waals surface area contributed by atoms with E-state index in [1.807, 2.05) is 0 Å². The van der Waals surface area contributed by atoms with Crippen molar-refractivity contribution in [1.82, 2.24) is 0 Å². The van der Waals surface area contributed by atoms with E-state index in [2.05, 4.69) is 4.72 Å². The van der Waals surface area contributed by atoms with Gasteiger partial charge in [0.2, 0.25) is 0 Å². The van der Waals surface area contributed by atoms with Crippen molar-refractivity contribution < 1.29 is 17.8 Å². The fourth-order valence-electron chi connectivity index (χ4n) is 2.32. The maximum atomic E-state index is 12.6. The minimum atomic E-state index is -4.13. The molecule has 0 radical (unpaired) electrons. The molecule has 3 rings (SSSR count). The Balaban J connectivity index is 2.24. The number of aryl methyl sites for hydroxylation is 1. The highest BCUT2D eigenvalue weighted by atomic mass is 32.2. The smallest absolute Gasteiger partial charge is 0.417 e. The van der Waals surface area contributed by atoms with E-state index in [0.29, 0.717) is 0 Å². The van der Waals surface area contributed by atoms with Crippen LogP contribution in [-0.2, 0) is 10.0 Å². The monoisotopic (exact) mass is 360 g/mol. The summed E-state index contributed by atoms with van der Waals surface area (Å²) in [6, 6.07) is 11.9. The lowest BCUT2D eigenvalue weighted by Crippen LogP contribution is -2.18. The van der Waals surface area contributed by atoms with Gasteiger partial charge in [0.05, 0.1) is 9.82 Å². The lowest BCUT2D eigenvalue weighted by atomic mass is 10.2. The number of nitrogens with one attached hydrogen (secondary N) is 1. The van der Waals surface area contributed by atoms with Crippen LogP contribution in [0.25, 0.3) is 11.0 Å². The number of rotatable bonds is 4. The van der Waals surface area contributed by atoms with Gasteiger partial charge in [-0.25, -0.2) is 13.2 Å². The first kappa shape index (κ1) is 16.7. The standard InChI is InChI=1S/C16H12N2O6S/c1-10-6-8-11(9-7-10)25(22,23)17-14-12-4-2-3-5-13(12)24-16(19)15(14)18(20)21/h2-9,17H,1H3.